The average Bonchev–Trinajstić information content (AvgIpc) is 1.81. The van der Waals surface area contributed by atoms with E-state index in [9.17, 15) is 4.79 Å². The quantitative estimate of drug-likeness (QED) is 0.634. The lowest BCUT2D eigenvalue weighted by atomic mass is 10.2. The predicted molar refractivity (Wildman–Crippen MR) is 51.6 cm³/mol. The van der Waals surface area contributed by atoms with Gasteiger partial charge in [-0.05, 0) is 34.6 Å². The van der Waals surface area contributed by atoms with E-state index in [-0.39, 0.29) is 12.1 Å². The van der Waals surface area contributed by atoms with Crippen molar-refractivity contribution in [1.29, 1.82) is 0 Å². The highest BCUT2D eigenvalue weighted by molar-refractivity contribution is 5.69. The van der Waals surface area contributed by atoms with Crippen molar-refractivity contribution in [1.82, 2.24) is 0 Å². The summed E-state index contributed by atoms with van der Waals surface area (Å²) in [6, 6.07) is 0. The number of hydrogen-bond donors (Lipinski definition) is 0. The van der Waals surface area contributed by atoms with Gasteiger partial charge >= 0.3 is 5.97 Å². The van der Waals surface area contributed by atoms with Gasteiger partial charge in [-0.1, -0.05) is 0 Å². The molecule has 0 rings (SSSR count). The van der Waals surface area contributed by atoms with E-state index in [0.717, 1.165) is 0 Å². The Kier molecular flexibility index (Phi) is 4.99. The Bertz CT molecular complexity index is 156. The molecular formula is C10H20O3. The van der Waals surface area contributed by atoms with E-state index in [1.165, 1.54) is 0 Å². The van der Waals surface area contributed by atoms with Crippen LogP contribution in [-0.2, 0) is 14.3 Å². The van der Waals surface area contributed by atoms with Gasteiger partial charge in [-0.25, -0.2) is 0 Å². The van der Waals surface area contributed by atoms with Crippen LogP contribution in [0.15, 0.2) is 0 Å². The third-order valence-corrected chi connectivity index (χ3v) is 1.18. The summed E-state index contributed by atoms with van der Waals surface area (Å²) < 4.78 is 10.3. The smallest absolute Gasteiger partial charge is 0.308 e. The van der Waals surface area contributed by atoms with Crippen LogP contribution >= 0.6 is 0 Å². The molecule has 0 bridgehead atoms. The fraction of sp³-hybridized carbons (Fsp3) is 0.900. The maximum Gasteiger partial charge on any atom is 0.308 e. The van der Waals surface area contributed by atoms with E-state index in [4.69, 9.17) is 9.47 Å². The SMILES string of the molecule is CC(C)OCCC(=O)OC(C)(C)C. The molecule has 0 aromatic carbocycles. The minimum atomic E-state index is -0.394. The van der Waals surface area contributed by atoms with E-state index in [1.807, 2.05) is 34.6 Å². The molecule has 0 saturated heterocycles. The summed E-state index contributed by atoms with van der Waals surface area (Å²) >= 11 is 0. The molecule has 0 N–H and O–H groups in total. The van der Waals surface area contributed by atoms with Crippen molar-refractivity contribution in [2.24, 2.45) is 0 Å². The molecule has 0 spiro atoms. The molecule has 0 aliphatic rings. The summed E-state index contributed by atoms with van der Waals surface area (Å²) in [5, 5.41) is 0. The maximum absolute atomic E-state index is 11.1. The molecule has 13 heavy (non-hydrogen) atoms. The first-order valence-corrected chi connectivity index (χ1v) is 4.65. The van der Waals surface area contributed by atoms with Crippen LogP contribution in [0.1, 0.15) is 41.0 Å². The molecule has 0 amide bonds. The summed E-state index contributed by atoms with van der Waals surface area (Å²) in [6.45, 7) is 9.88. The lowest BCUT2D eigenvalue weighted by molar-refractivity contribution is -0.156. The van der Waals surface area contributed by atoms with Gasteiger partial charge in [0.15, 0.2) is 0 Å². The molecule has 0 aromatic rings. The average molecular weight is 188 g/mol. The van der Waals surface area contributed by atoms with E-state index < -0.39 is 5.60 Å². The summed E-state index contributed by atoms with van der Waals surface area (Å²) in [7, 11) is 0. The van der Waals surface area contributed by atoms with E-state index in [1.54, 1.807) is 0 Å². The monoisotopic (exact) mass is 188 g/mol. The van der Waals surface area contributed by atoms with Gasteiger partial charge in [0.1, 0.15) is 5.60 Å². The number of carbonyl (C=O) groups excluding carboxylic acids is 1. The zero-order valence-corrected chi connectivity index (χ0v) is 9.22. The summed E-state index contributed by atoms with van der Waals surface area (Å²) in [6.07, 6.45) is 0.498. The van der Waals surface area contributed by atoms with Crippen molar-refractivity contribution < 1.29 is 14.3 Å². The Hall–Kier alpha value is -0.570. The highest BCUT2D eigenvalue weighted by Gasteiger charge is 2.15. The molecule has 78 valence electrons. The number of rotatable bonds is 4. The van der Waals surface area contributed by atoms with E-state index in [0.29, 0.717) is 13.0 Å². The van der Waals surface area contributed by atoms with Crippen LogP contribution in [0.4, 0.5) is 0 Å². The topological polar surface area (TPSA) is 35.5 Å². The molecule has 0 heterocycles. The Morgan fingerprint density at radius 1 is 1.31 bits per heavy atom. The normalized spacial score (nSPS) is 11.8. The second-order valence-electron chi connectivity index (χ2n) is 4.26. The molecule has 0 aromatic heterocycles. The highest BCUT2D eigenvalue weighted by atomic mass is 16.6. The lowest BCUT2D eigenvalue weighted by Gasteiger charge is -2.19. The molecule has 0 radical (unpaired) electrons. The molecule has 0 atom stereocenters. The van der Waals surface area contributed by atoms with Crippen molar-refractivity contribution in [2.45, 2.75) is 52.7 Å². The molecule has 0 unspecified atom stereocenters. The Balaban J connectivity index is 3.53. The molecule has 0 aliphatic heterocycles. The largest absolute Gasteiger partial charge is 0.460 e. The second kappa shape index (κ2) is 5.22. The fourth-order valence-corrected chi connectivity index (χ4v) is 0.770. The van der Waals surface area contributed by atoms with Gasteiger partial charge in [0, 0.05) is 0 Å². The van der Waals surface area contributed by atoms with Crippen molar-refractivity contribution in [3.05, 3.63) is 0 Å². The van der Waals surface area contributed by atoms with Crippen LogP contribution in [-0.4, -0.2) is 24.3 Å². The zero-order valence-electron chi connectivity index (χ0n) is 9.22. The molecule has 0 saturated carbocycles. The van der Waals surface area contributed by atoms with Gasteiger partial charge in [-0.2, -0.15) is 0 Å². The third kappa shape index (κ3) is 9.34. The number of carbonyl (C=O) groups is 1. The number of esters is 1. The Labute approximate surface area is 80.4 Å². The van der Waals surface area contributed by atoms with Gasteiger partial charge < -0.3 is 9.47 Å². The van der Waals surface area contributed by atoms with Gasteiger partial charge in [-0.15, -0.1) is 0 Å². The predicted octanol–water partition coefficient (Wildman–Crippen LogP) is 2.14. The number of hydrogen-bond acceptors (Lipinski definition) is 3. The first-order chi connectivity index (χ1) is 5.81. The van der Waals surface area contributed by atoms with E-state index in [2.05, 4.69) is 0 Å². The summed E-state index contributed by atoms with van der Waals surface area (Å²) in [5.74, 6) is -0.201. The summed E-state index contributed by atoms with van der Waals surface area (Å²) in [5.41, 5.74) is -0.394. The van der Waals surface area contributed by atoms with Crippen molar-refractivity contribution in [3.63, 3.8) is 0 Å². The number of ether oxygens (including phenoxy) is 2. The van der Waals surface area contributed by atoms with Gasteiger partial charge in [0.2, 0.25) is 0 Å². The van der Waals surface area contributed by atoms with Gasteiger partial charge in [0.05, 0.1) is 19.1 Å². The highest BCUT2D eigenvalue weighted by Crippen LogP contribution is 2.08. The first-order valence-electron chi connectivity index (χ1n) is 4.65. The van der Waals surface area contributed by atoms with E-state index >= 15 is 0 Å². The fourth-order valence-electron chi connectivity index (χ4n) is 0.770. The Morgan fingerprint density at radius 3 is 2.23 bits per heavy atom. The summed E-state index contributed by atoms with van der Waals surface area (Å²) in [4.78, 5) is 11.1. The minimum absolute atomic E-state index is 0.169. The van der Waals surface area contributed by atoms with Gasteiger partial charge in [0.25, 0.3) is 0 Å². The Morgan fingerprint density at radius 2 is 1.85 bits per heavy atom. The van der Waals surface area contributed by atoms with Crippen LogP contribution < -0.4 is 0 Å². The molecule has 3 heteroatoms. The lowest BCUT2D eigenvalue weighted by Crippen LogP contribution is -2.24. The third-order valence-electron chi connectivity index (χ3n) is 1.18. The standard InChI is InChI=1S/C10H20O3/c1-8(2)12-7-6-9(11)13-10(3,4)5/h8H,6-7H2,1-5H3. The van der Waals surface area contributed by atoms with Crippen LogP contribution in [0, 0.1) is 0 Å². The minimum Gasteiger partial charge on any atom is -0.460 e. The van der Waals surface area contributed by atoms with Gasteiger partial charge in [-0.3, -0.25) is 4.79 Å². The maximum atomic E-state index is 11.1. The molecule has 3 nitrogen and oxygen atoms in total. The van der Waals surface area contributed by atoms with Crippen LogP contribution in [0.5, 0.6) is 0 Å². The van der Waals surface area contributed by atoms with Crippen LogP contribution in [0.25, 0.3) is 0 Å². The van der Waals surface area contributed by atoms with Crippen LogP contribution in [0.3, 0.4) is 0 Å². The van der Waals surface area contributed by atoms with Crippen molar-refractivity contribution >= 4 is 5.97 Å². The van der Waals surface area contributed by atoms with Crippen molar-refractivity contribution in [2.75, 3.05) is 6.61 Å². The van der Waals surface area contributed by atoms with Crippen molar-refractivity contribution in [3.8, 4) is 0 Å². The molecular weight excluding hydrogens is 168 g/mol. The molecule has 0 fully saturated rings. The zero-order chi connectivity index (χ0) is 10.5. The first kappa shape index (κ1) is 12.4. The van der Waals surface area contributed by atoms with Crippen LogP contribution in [0.2, 0.25) is 0 Å². The molecule has 0 aliphatic carbocycles. The second-order valence-corrected chi connectivity index (χ2v) is 4.26.